The van der Waals surface area contributed by atoms with Gasteiger partial charge in [-0.2, -0.15) is 0 Å². The van der Waals surface area contributed by atoms with Gasteiger partial charge in [-0.05, 0) is 45.4 Å². The molecule has 0 saturated heterocycles. The number of aryl methyl sites for hydroxylation is 3. The van der Waals surface area contributed by atoms with Crippen molar-refractivity contribution in [2.24, 2.45) is 0 Å². The first-order valence-electron chi connectivity index (χ1n) is 8.07. The maximum Gasteiger partial charge on any atom is 0.251 e. The minimum Gasteiger partial charge on any atom is -0.348 e. The molecule has 126 valence electrons. The third kappa shape index (κ3) is 4.95. The van der Waals surface area contributed by atoms with Gasteiger partial charge in [0.15, 0.2) is 0 Å². The molecule has 24 heavy (non-hydrogen) atoms. The summed E-state index contributed by atoms with van der Waals surface area (Å²) in [6.45, 7) is 7.80. The van der Waals surface area contributed by atoms with Crippen LogP contribution >= 0.6 is 0 Å². The second-order valence-electron chi connectivity index (χ2n) is 6.26. The largest absolute Gasteiger partial charge is 0.348 e. The highest BCUT2D eigenvalue weighted by Crippen LogP contribution is 2.13. The molecule has 0 heterocycles. The first-order valence-corrected chi connectivity index (χ1v) is 8.07. The third-order valence-corrected chi connectivity index (χ3v) is 3.85. The van der Waals surface area contributed by atoms with Crippen molar-refractivity contribution in [2.45, 2.75) is 33.7 Å². The van der Waals surface area contributed by atoms with Crippen LogP contribution in [0.15, 0.2) is 42.5 Å². The Morgan fingerprint density at radius 2 is 1.50 bits per heavy atom. The van der Waals surface area contributed by atoms with E-state index in [2.05, 4.69) is 10.6 Å². The fourth-order valence-corrected chi connectivity index (χ4v) is 2.60. The fraction of sp³-hybridized carbons (Fsp3) is 0.300. The second-order valence-corrected chi connectivity index (χ2v) is 6.26. The normalized spacial score (nSPS) is 11.7. The van der Waals surface area contributed by atoms with Crippen molar-refractivity contribution >= 4 is 11.8 Å². The minimum atomic E-state index is -0.236. The summed E-state index contributed by atoms with van der Waals surface area (Å²) < 4.78 is 0. The average molecular weight is 324 g/mol. The lowest BCUT2D eigenvalue weighted by Gasteiger charge is -2.15. The summed E-state index contributed by atoms with van der Waals surface area (Å²) in [5, 5.41) is 5.56. The van der Waals surface area contributed by atoms with E-state index < -0.39 is 0 Å². The molecule has 2 N–H and O–H groups in total. The number of benzene rings is 2. The lowest BCUT2D eigenvalue weighted by atomic mass is 10.1. The number of rotatable bonds is 5. The highest BCUT2D eigenvalue weighted by Gasteiger charge is 2.12. The number of hydrogen-bond acceptors (Lipinski definition) is 2. The number of hydrogen-bond donors (Lipinski definition) is 2. The molecular formula is C20H24N2O2. The smallest absolute Gasteiger partial charge is 0.251 e. The van der Waals surface area contributed by atoms with Crippen LogP contribution in [0.25, 0.3) is 0 Å². The molecule has 0 saturated carbocycles. The molecule has 0 aliphatic rings. The summed E-state index contributed by atoms with van der Waals surface area (Å²) >= 11 is 0. The summed E-state index contributed by atoms with van der Waals surface area (Å²) in [4.78, 5) is 24.2. The van der Waals surface area contributed by atoms with Crippen molar-refractivity contribution < 1.29 is 9.59 Å². The lowest BCUT2D eigenvalue weighted by Crippen LogP contribution is -2.38. The molecule has 4 heteroatoms. The van der Waals surface area contributed by atoms with Crippen LogP contribution in [-0.2, 0) is 4.79 Å². The van der Waals surface area contributed by atoms with Gasteiger partial charge in [0.1, 0.15) is 0 Å². The van der Waals surface area contributed by atoms with Gasteiger partial charge in [-0.15, -0.1) is 0 Å². The molecular weight excluding hydrogens is 300 g/mol. The number of carbonyl (C=O) groups excluding carboxylic acids is 2. The van der Waals surface area contributed by atoms with Gasteiger partial charge < -0.3 is 10.6 Å². The van der Waals surface area contributed by atoms with Gasteiger partial charge >= 0.3 is 0 Å². The van der Waals surface area contributed by atoms with E-state index in [0.717, 1.165) is 16.7 Å². The molecule has 0 bridgehead atoms. The third-order valence-electron chi connectivity index (χ3n) is 3.85. The van der Waals surface area contributed by atoms with E-state index in [4.69, 9.17) is 0 Å². The molecule has 0 fully saturated rings. The van der Waals surface area contributed by atoms with Crippen LogP contribution in [0.1, 0.15) is 45.6 Å². The van der Waals surface area contributed by atoms with Gasteiger partial charge in [-0.3, -0.25) is 9.59 Å². The second kappa shape index (κ2) is 7.77. The van der Waals surface area contributed by atoms with Crippen molar-refractivity contribution in [3.05, 3.63) is 70.3 Å². The summed E-state index contributed by atoms with van der Waals surface area (Å²) in [7, 11) is 0. The average Bonchev–Trinajstić information content (AvgIpc) is 2.52. The molecule has 0 radical (unpaired) electrons. The minimum absolute atomic E-state index is 0.0397. The van der Waals surface area contributed by atoms with E-state index >= 15 is 0 Å². The molecule has 1 atom stereocenters. The topological polar surface area (TPSA) is 58.2 Å². The summed E-state index contributed by atoms with van der Waals surface area (Å²) in [5.41, 5.74) is 4.84. The van der Waals surface area contributed by atoms with Gasteiger partial charge in [-0.1, -0.05) is 47.0 Å². The maximum atomic E-state index is 12.2. The van der Waals surface area contributed by atoms with Gasteiger partial charge in [0.2, 0.25) is 5.91 Å². The molecule has 2 aromatic carbocycles. The van der Waals surface area contributed by atoms with Crippen LogP contribution in [0.5, 0.6) is 0 Å². The molecule has 4 nitrogen and oxygen atoms in total. The number of carbonyl (C=O) groups is 2. The molecule has 2 aromatic rings. The Labute approximate surface area is 143 Å². The van der Waals surface area contributed by atoms with Crippen LogP contribution in [0.4, 0.5) is 0 Å². The molecule has 2 rings (SSSR count). The number of nitrogens with one attached hydrogen (secondary N) is 2. The van der Waals surface area contributed by atoms with Crippen LogP contribution in [0.2, 0.25) is 0 Å². The Hall–Kier alpha value is -2.62. The van der Waals surface area contributed by atoms with Crippen molar-refractivity contribution in [1.82, 2.24) is 10.6 Å². The van der Waals surface area contributed by atoms with E-state index in [1.54, 1.807) is 0 Å². The predicted octanol–water partition coefficient (Wildman–Crippen LogP) is 3.22. The lowest BCUT2D eigenvalue weighted by molar-refractivity contribution is -0.120. The SMILES string of the molecule is Cc1ccc(C(C)NC(=O)CNC(=O)c2cc(C)cc(C)c2)cc1. The van der Waals surface area contributed by atoms with Crippen molar-refractivity contribution in [2.75, 3.05) is 6.54 Å². The molecule has 0 aliphatic heterocycles. The quantitative estimate of drug-likeness (QED) is 0.887. The zero-order valence-electron chi connectivity index (χ0n) is 14.6. The first kappa shape index (κ1) is 17.7. The molecule has 0 aliphatic carbocycles. The van der Waals surface area contributed by atoms with Crippen LogP contribution < -0.4 is 10.6 Å². The number of amides is 2. The van der Waals surface area contributed by atoms with E-state index in [0.29, 0.717) is 5.56 Å². The van der Waals surface area contributed by atoms with Crippen LogP contribution in [0.3, 0.4) is 0 Å². The van der Waals surface area contributed by atoms with E-state index in [9.17, 15) is 9.59 Å². The Balaban J connectivity index is 1.88. The standard InChI is InChI=1S/C20H24N2O2/c1-13-5-7-17(8-6-13)16(4)22-19(23)12-21-20(24)18-10-14(2)9-15(3)11-18/h5-11,16H,12H2,1-4H3,(H,21,24)(H,22,23). The zero-order valence-corrected chi connectivity index (χ0v) is 14.6. The van der Waals surface area contributed by atoms with E-state index in [1.165, 1.54) is 5.56 Å². The molecule has 1 unspecified atom stereocenters. The Morgan fingerprint density at radius 3 is 2.08 bits per heavy atom. The maximum absolute atomic E-state index is 12.2. The van der Waals surface area contributed by atoms with Crippen molar-refractivity contribution in [3.8, 4) is 0 Å². The van der Waals surface area contributed by atoms with Crippen molar-refractivity contribution in [3.63, 3.8) is 0 Å². The Kier molecular flexibility index (Phi) is 5.74. The first-order chi connectivity index (χ1) is 11.3. The van der Waals surface area contributed by atoms with Gasteiger partial charge in [0.25, 0.3) is 5.91 Å². The Bertz CT molecular complexity index is 716. The van der Waals surface area contributed by atoms with Crippen LogP contribution in [0, 0.1) is 20.8 Å². The zero-order chi connectivity index (χ0) is 17.7. The molecule has 0 aromatic heterocycles. The van der Waals surface area contributed by atoms with Gasteiger partial charge in [-0.25, -0.2) is 0 Å². The van der Waals surface area contributed by atoms with Crippen molar-refractivity contribution in [1.29, 1.82) is 0 Å². The summed E-state index contributed by atoms with van der Waals surface area (Å²) in [6, 6.07) is 13.6. The fourth-order valence-electron chi connectivity index (χ4n) is 2.60. The Morgan fingerprint density at radius 1 is 0.917 bits per heavy atom. The predicted molar refractivity (Wildman–Crippen MR) is 96.0 cm³/mol. The summed E-state index contributed by atoms with van der Waals surface area (Å²) in [6.07, 6.45) is 0. The summed E-state index contributed by atoms with van der Waals surface area (Å²) in [5.74, 6) is -0.444. The van der Waals surface area contributed by atoms with Gasteiger partial charge in [0.05, 0.1) is 12.6 Å². The van der Waals surface area contributed by atoms with Crippen LogP contribution in [-0.4, -0.2) is 18.4 Å². The highest BCUT2D eigenvalue weighted by atomic mass is 16.2. The van der Waals surface area contributed by atoms with E-state index in [1.807, 2.05) is 70.2 Å². The highest BCUT2D eigenvalue weighted by molar-refractivity contribution is 5.96. The van der Waals surface area contributed by atoms with Gasteiger partial charge in [0, 0.05) is 5.56 Å². The molecule has 2 amide bonds. The monoisotopic (exact) mass is 324 g/mol. The van der Waals surface area contributed by atoms with E-state index in [-0.39, 0.29) is 24.4 Å². The molecule has 0 spiro atoms.